The first-order chi connectivity index (χ1) is 9.46. The first kappa shape index (κ1) is 15.0. The molecule has 0 spiro atoms. The van der Waals surface area contributed by atoms with Crippen molar-refractivity contribution in [3.8, 4) is 0 Å². The average molecular weight is 277 g/mol. The molecule has 1 amide bonds. The van der Waals surface area contributed by atoms with Gasteiger partial charge in [-0.25, -0.2) is 4.39 Å². The molecule has 0 bridgehead atoms. The summed E-state index contributed by atoms with van der Waals surface area (Å²) in [6, 6.07) is 6.66. The van der Waals surface area contributed by atoms with Crippen molar-refractivity contribution in [2.75, 3.05) is 6.54 Å². The van der Waals surface area contributed by atoms with Gasteiger partial charge >= 0.3 is 0 Å². The number of nitrogens with zero attached hydrogens (tertiary/aromatic N) is 1. The summed E-state index contributed by atoms with van der Waals surface area (Å²) in [6.45, 7) is 6.86. The van der Waals surface area contributed by atoms with Crippen LogP contribution in [0.3, 0.4) is 0 Å². The zero-order valence-corrected chi connectivity index (χ0v) is 12.7. The van der Waals surface area contributed by atoms with Crippen LogP contribution in [0.15, 0.2) is 24.3 Å². The number of carbonyl (C=O) groups excluding carboxylic acids is 1. The smallest absolute Gasteiger partial charge is 0.232 e. The Morgan fingerprint density at radius 1 is 1.30 bits per heavy atom. The van der Waals surface area contributed by atoms with Gasteiger partial charge in [0.2, 0.25) is 5.91 Å². The lowest BCUT2D eigenvalue weighted by molar-refractivity contribution is -0.140. The second kappa shape index (κ2) is 5.94. The van der Waals surface area contributed by atoms with Gasteiger partial charge in [-0.15, -0.1) is 0 Å². The van der Waals surface area contributed by atoms with E-state index in [-0.39, 0.29) is 11.7 Å². The molecule has 1 aromatic carbocycles. The van der Waals surface area contributed by atoms with Crippen LogP contribution in [0, 0.1) is 5.82 Å². The van der Waals surface area contributed by atoms with E-state index in [2.05, 4.69) is 6.92 Å². The molecule has 0 aliphatic carbocycles. The predicted octanol–water partition coefficient (Wildman–Crippen LogP) is 3.89. The van der Waals surface area contributed by atoms with Gasteiger partial charge in [0.05, 0.1) is 5.41 Å². The molecule has 1 heterocycles. The SMILES string of the molecule is CCC1CCCCN1C(=O)C(C)(C)c1ccc(F)cc1. The van der Waals surface area contributed by atoms with Crippen LogP contribution in [0.4, 0.5) is 4.39 Å². The molecule has 1 aromatic rings. The highest BCUT2D eigenvalue weighted by molar-refractivity contribution is 5.87. The topological polar surface area (TPSA) is 20.3 Å². The fraction of sp³-hybridized carbons (Fsp3) is 0.588. The first-order valence-electron chi connectivity index (χ1n) is 7.54. The van der Waals surface area contributed by atoms with Gasteiger partial charge in [0.25, 0.3) is 0 Å². The molecular formula is C17H24FNO. The normalized spacial score (nSPS) is 20.0. The minimum Gasteiger partial charge on any atom is -0.339 e. The average Bonchev–Trinajstić information content (AvgIpc) is 2.46. The zero-order chi connectivity index (χ0) is 14.8. The van der Waals surface area contributed by atoms with Crippen LogP contribution >= 0.6 is 0 Å². The molecule has 20 heavy (non-hydrogen) atoms. The van der Waals surface area contributed by atoms with E-state index in [4.69, 9.17) is 0 Å². The maximum Gasteiger partial charge on any atom is 0.232 e. The zero-order valence-electron chi connectivity index (χ0n) is 12.7. The molecule has 1 atom stereocenters. The molecule has 2 nitrogen and oxygen atoms in total. The van der Waals surface area contributed by atoms with Gasteiger partial charge in [0.15, 0.2) is 0 Å². The molecule has 0 aromatic heterocycles. The quantitative estimate of drug-likeness (QED) is 0.820. The van der Waals surface area contributed by atoms with Crippen molar-refractivity contribution in [2.45, 2.75) is 57.9 Å². The van der Waals surface area contributed by atoms with Gasteiger partial charge in [-0.05, 0) is 57.2 Å². The molecule has 2 rings (SSSR count). The second-order valence-corrected chi connectivity index (χ2v) is 6.19. The molecule has 0 radical (unpaired) electrons. The Hall–Kier alpha value is -1.38. The number of carbonyl (C=O) groups is 1. The summed E-state index contributed by atoms with van der Waals surface area (Å²) < 4.78 is 13.1. The van der Waals surface area contributed by atoms with Gasteiger partial charge in [0, 0.05) is 12.6 Å². The Morgan fingerprint density at radius 2 is 1.95 bits per heavy atom. The summed E-state index contributed by atoms with van der Waals surface area (Å²) >= 11 is 0. The maximum atomic E-state index is 13.1. The van der Waals surface area contributed by atoms with Crippen LogP contribution in [0.25, 0.3) is 0 Å². The highest BCUT2D eigenvalue weighted by Gasteiger charge is 2.37. The Bertz CT molecular complexity index is 466. The van der Waals surface area contributed by atoms with Crippen molar-refractivity contribution in [3.63, 3.8) is 0 Å². The monoisotopic (exact) mass is 277 g/mol. The van der Waals surface area contributed by atoms with Crippen LogP contribution < -0.4 is 0 Å². The van der Waals surface area contributed by atoms with Crippen molar-refractivity contribution in [3.05, 3.63) is 35.6 Å². The Labute approximate surface area is 121 Å². The third-order valence-corrected chi connectivity index (χ3v) is 4.46. The lowest BCUT2D eigenvalue weighted by Gasteiger charge is -2.40. The summed E-state index contributed by atoms with van der Waals surface area (Å²) in [7, 11) is 0. The van der Waals surface area contributed by atoms with Crippen molar-refractivity contribution >= 4 is 5.91 Å². The van der Waals surface area contributed by atoms with E-state index in [1.165, 1.54) is 18.6 Å². The number of hydrogen-bond donors (Lipinski definition) is 0. The van der Waals surface area contributed by atoms with Crippen molar-refractivity contribution in [2.24, 2.45) is 0 Å². The van der Waals surface area contributed by atoms with E-state index >= 15 is 0 Å². The van der Waals surface area contributed by atoms with Crippen LogP contribution in [0.5, 0.6) is 0 Å². The van der Waals surface area contributed by atoms with Crippen molar-refractivity contribution in [1.82, 2.24) is 4.90 Å². The van der Waals surface area contributed by atoms with Crippen molar-refractivity contribution < 1.29 is 9.18 Å². The molecular weight excluding hydrogens is 253 g/mol. The van der Waals surface area contributed by atoms with Crippen LogP contribution in [0.1, 0.15) is 52.0 Å². The molecule has 3 heteroatoms. The Kier molecular flexibility index (Phi) is 4.46. The summed E-state index contributed by atoms with van der Waals surface area (Å²) in [5.41, 5.74) is 0.280. The number of benzene rings is 1. The fourth-order valence-corrected chi connectivity index (χ4v) is 3.04. The first-order valence-corrected chi connectivity index (χ1v) is 7.54. The van der Waals surface area contributed by atoms with Crippen LogP contribution in [-0.4, -0.2) is 23.4 Å². The van der Waals surface area contributed by atoms with E-state index in [1.807, 2.05) is 18.7 Å². The predicted molar refractivity (Wildman–Crippen MR) is 79.1 cm³/mol. The minimum absolute atomic E-state index is 0.163. The van der Waals surface area contributed by atoms with Gasteiger partial charge in [-0.3, -0.25) is 4.79 Å². The van der Waals surface area contributed by atoms with Crippen LogP contribution in [0.2, 0.25) is 0 Å². The second-order valence-electron chi connectivity index (χ2n) is 6.19. The third kappa shape index (κ3) is 2.87. The van der Waals surface area contributed by atoms with E-state index in [0.717, 1.165) is 31.4 Å². The molecule has 1 unspecified atom stereocenters. The molecule has 0 N–H and O–H groups in total. The van der Waals surface area contributed by atoms with Gasteiger partial charge in [0.1, 0.15) is 5.82 Å². The lowest BCUT2D eigenvalue weighted by Crippen LogP contribution is -2.50. The summed E-state index contributed by atoms with van der Waals surface area (Å²) in [6.07, 6.45) is 4.40. The lowest BCUT2D eigenvalue weighted by atomic mass is 9.82. The largest absolute Gasteiger partial charge is 0.339 e. The Balaban J connectivity index is 2.23. The van der Waals surface area contributed by atoms with Crippen LogP contribution in [-0.2, 0) is 10.2 Å². The number of rotatable bonds is 3. The summed E-state index contributed by atoms with van der Waals surface area (Å²) in [5.74, 6) is -0.0999. The number of amides is 1. The highest BCUT2D eigenvalue weighted by atomic mass is 19.1. The van der Waals surface area contributed by atoms with Gasteiger partial charge in [-0.2, -0.15) is 0 Å². The molecule has 0 saturated carbocycles. The number of halogens is 1. The number of piperidine rings is 1. The molecule has 1 saturated heterocycles. The molecule has 1 aliphatic heterocycles. The van der Waals surface area contributed by atoms with Gasteiger partial charge < -0.3 is 4.90 Å². The molecule has 1 aliphatic rings. The van der Waals surface area contributed by atoms with Gasteiger partial charge in [-0.1, -0.05) is 19.1 Å². The number of likely N-dealkylation sites (tertiary alicyclic amines) is 1. The molecule has 1 fully saturated rings. The number of hydrogen-bond acceptors (Lipinski definition) is 1. The fourth-order valence-electron chi connectivity index (χ4n) is 3.04. The van der Waals surface area contributed by atoms with Crippen molar-refractivity contribution in [1.29, 1.82) is 0 Å². The standard InChI is InChI=1S/C17H24FNO/c1-4-15-7-5-6-12-19(15)16(20)17(2,3)13-8-10-14(18)11-9-13/h8-11,15H,4-7,12H2,1-3H3. The maximum absolute atomic E-state index is 13.1. The highest BCUT2D eigenvalue weighted by Crippen LogP contribution is 2.30. The summed E-state index contributed by atoms with van der Waals surface area (Å²) in [5, 5.41) is 0. The van der Waals surface area contributed by atoms with E-state index in [0.29, 0.717) is 6.04 Å². The third-order valence-electron chi connectivity index (χ3n) is 4.46. The van der Waals surface area contributed by atoms with E-state index < -0.39 is 5.41 Å². The van der Waals surface area contributed by atoms with E-state index in [9.17, 15) is 9.18 Å². The summed E-state index contributed by atoms with van der Waals surface area (Å²) in [4.78, 5) is 14.9. The van der Waals surface area contributed by atoms with E-state index in [1.54, 1.807) is 12.1 Å². The molecule has 110 valence electrons. The Morgan fingerprint density at radius 3 is 2.55 bits per heavy atom. The minimum atomic E-state index is -0.599.